The Hall–Kier alpha value is -2.67. The summed E-state index contributed by atoms with van der Waals surface area (Å²) >= 11 is 1.22. The quantitative estimate of drug-likeness (QED) is 0.752. The molecule has 7 heteroatoms. The molecule has 0 unspecified atom stereocenters. The fourth-order valence-corrected chi connectivity index (χ4v) is 3.17. The van der Waals surface area contributed by atoms with E-state index in [1.807, 2.05) is 30.3 Å². The molecule has 0 spiro atoms. The third kappa shape index (κ3) is 5.40. The van der Waals surface area contributed by atoms with Gasteiger partial charge < -0.3 is 14.8 Å². The Labute approximate surface area is 162 Å². The standard InChI is InChI=1S/C20H23NO5S/c1-5-25-18(23)16-14(13-9-7-6-8-10-13)12-27-17(16)21-15(22)11-26-19(24)20(2,3)4/h6-10,12H,5,11H2,1-4H3,(H,21,22). The van der Waals surface area contributed by atoms with Crippen LogP contribution in [0, 0.1) is 5.41 Å². The minimum atomic E-state index is -0.695. The monoisotopic (exact) mass is 389 g/mol. The normalized spacial score (nSPS) is 11.0. The van der Waals surface area contributed by atoms with E-state index in [9.17, 15) is 14.4 Å². The molecular weight excluding hydrogens is 366 g/mol. The highest BCUT2D eigenvalue weighted by Gasteiger charge is 2.25. The second-order valence-corrected chi connectivity index (χ2v) is 7.69. The van der Waals surface area contributed by atoms with Gasteiger partial charge >= 0.3 is 11.9 Å². The number of nitrogens with one attached hydrogen (secondary N) is 1. The lowest BCUT2D eigenvalue weighted by atomic mass is 9.97. The summed E-state index contributed by atoms with van der Waals surface area (Å²) < 4.78 is 10.2. The Kier molecular flexibility index (Phi) is 6.74. The summed E-state index contributed by atoms with van der Waals surface area (Å²) in [7, 11) is 0. The molecule has 0 aliphatic rings. The van der Waals surface area contributed by atoms with Crippen LogP contribution in [-0.4, -0.2) is 31.1 Å². The maximum absolute atomic E-state index is 12.4. The lowest BCUT2D eigenvalue weighted by Crippen LogP contribution is -2.28. The molecule has 6 nitrogen and oxygen atoms in total. The molecule has 0 aliphatic carbocycles. The van der Waals surface area contributed by atoms with E-state index in [2.05, 4.69) is 5.32 Å². The second kappa shape index (κ2) is 8.81. The summed E-state index contributed by atoms with van der Waals surface area (Å²) in [5, 5.41) is 4.80. The molecule has 1 N–H and O–H groups in total. The fraction of sp³-hybridized carbons (Fsp3) is 0.350. The third-order valence-corrected chi connectivity index (χ3v) is 4.45. The fourth-order valence-electron chi connectivity index (χ4n) is 2.20. The minimum absolute atomic E-state index is 0.222. The van der Waals surface area contributed by atoms with Crippen LogP contribution in [0.5, 0.6) is 0 Å². The molecule has 0 saturated heterocycles. The first-order valence-corrected chi connectivity index (χ1v) is 9.43. The van der Waals surface area contributed by atoms with Crippen LogP contribution < -0.4 is 5.32 Å². The van der Waals surface area contributed by atoms with Gasteiger partial charge in [0.2, 0.25) is 0 Å². The Morgan fingerprint density at radius 3 is 2.33 bits per heavy atom. The average molecular weight is 389 g/mol. The number of rotatable bonds is 6. The Balaban J connectivity index is 2.21. The predicted molar refractivity (Wildman–Crippen MR) is 105 cm³/mol. The van der Waals surface area contributed by atoms with Crippen molar-refractivity contribution < 1.29 is 23.9 Å². The van der Waals surface area contributed by atoms with Gasteiger partial charge in [0.1, 0.15) is 10.6 Å². The van der Waals surface area contributed by atoms with Crippen LogP contribution in [0.3, 0.4) is 0 Å². The van der Waals surface area contributed by atoms with E-state index < -0.39 is 29.9 Å². The molecule has 0 aliphatic heterocycles. The van der Waals surface area contributed by atoms with Crippen LogP contribution in [0.25, 0.3) is 11.1 Å². The molecule has 27 heavy (non-hydrogen) atoms. The largest absolute Gasteiger partial charge is 0.462 e. The van der Waals surface area contributed by atoms with Gasteiger partial charge in [0.05, 0.1) is 12.0 Å². The van der Waals surface area contributed by atoms with Crippen molar-refractivity contribution in [2.24, 2.45) is 5.41 Å². The van der Waals surface area contributed by atoms with Gasteiger partial charge in [-0.05, 0) is 33.3 Å². The van der Waals surface area contributed by atoms with E-state index in [4.69, 9.17) is 9.47 Å². The number of benzene rings is 1. The zero-order chi connectivity index (χ0) is 20.0. The molecule has 1 heterocycles. The van der Waals surface area contributed by atoms with Gasteiger partial charge in [-0.1, -0.05) is 30.3 Å². The van der Waals surface area contributed by atoms with E-state index in [1.54, 1.807) is 33.1 Å². The van der Waals surface area contributed by atoms with Crippen molar-refractivity contribution in [3.05, 3.63) is 41.3 Å². The number of anilines is 1. The van der Waals surface area contributed by atoms with Crippen molar-refractivity contribution in [1.82, 2.24) is 0 Å². The first kappa shape index (κ1) is 20.6. The van der Waals surface area contributed by atoms with Crippen LogP contribution >= 0.6 is 11.3 Å². The number of carbonyl (C=O) groups is 3. The highest BCUT2D eigenvalue weighted by Crippen LogP contribution is 2.36. The summed E-state index contributed by atoms with van der Waals surface area (Å²) in [6, 6.07) is 9.37. The molecule has 144 valence electrons. The lowest BCUT2D eigenvalue weighted by Gasteiger charge is -2.16. The number of ether oxygens (including phenoxy) is 2. The van der Waals surface area contributed by atoms with Gasteiger partial charge in [-0.3, -0.25) is 9.59 Å². The second-order valence-electron chi connectivity index (χ2n) is 6.81. The molecule has 1 aromatic heterocycles. The molecule has 0 saturated carbocycles. The van der Waals surface area contributed by atoms with Gasteiger partial charge in [-0.15, -0.1) is 11.3 Å². The van der Waals surface area contributed by atoms with Gasteiger partial charge in [0.15, 0.2) is 6.61 Å². The molecule has 2 aromatic rings. The van der Waals surface area contributed by atoms with E-state index >= 15 is 0 Å². The van der Waals surface area contributed by atoms with Crippen molar-refractivity contribution in [3.8, 4) is 11.1 Å². The van der Waals surface area contributed by atoms with Crippen LogP contribution in [0.15, 0.2) is 35.7 Å². The van der Waals surface area contributed by atoms with Crippen LogP contribution in [0.2, 0.25) is 0 Å². The molecule has 0 atom stereocenters. The predicted octanol–water partition coefficient (Wildman–Crippen LogP) is 4.12. The zero-order valence-corrected chi connectivity index (χ0v) is 16.6. The van der Waals surface area contributed by atoms with E-state index in [0.29, 0.717) is 16.1 Å². The van der Waals surface area contributed by atoms with Crippen molar-refractivity contribution in [3.63, 3.8) is 0 Å². The van der Waals surface area contributed by atoms with Gasteiger partial charge in [-0.25, -0.2) is 4.79 Å². The van der Waals surface area contributed by atoms with Crippen LogP contribution in [-0.2, 0) is 19.1 Å². The third-order valence-electron chi connectivity index (χ3n) is 3.56. The SMILES string of the molecule is CCOC(=O)c1c(-c2ccccc2)csc1NC(=O)COC(=O)C(C)(C)C. The van der Waals surface area contributed by atoms with E-state index in [1.165, 1.54) is 11.3 Å². The molecule has 0 fully saturated rings. The maximum Gasteiger partial charge on any atom is 0.341 e. The van der Waals surface area contributed by atoms with Crippen molar-refractivity contribution >= 4 is 34.2 Å². The number of carbonyl (C=O) groups excluding carboxylic acids is 3. The number of hydrogen-bond donors (Lipinski definition) is 1. The first-order chi connectivity index (χ1) is 12.7. The molecule has 2 rings (SSSR count). The molecule has 1 amide bonds. The number of esters is 2. The molecule has 0 bridgehead atoms. The smallest absolute Gasteiger partial charge is 0.341 e. The summed E-state index contributed by atoms with van der Waals surface area (Å²) in [5.74, 6) is -1.50. The van der Waals surface area contributed by atoms with Gasteiger partial charge in [-0.2, -0.15) is 0 Å². The Morgan fingerprint density at radius 2 is 1.74 bits per heavy atom. The lowest BCUT2D eigenvalue weighted by molar-refractivity contribution is -0.155. The number of hydrogen-bond acceptors (Lipinski definition) is 6. The molecular formula is C20H23NO5S. The Bertz CT molecular complexity index is 821. The summed E-state index contributed by atoms with van der Waals surface area (Å²) in [4.78, 5) is 36.4. The summed E-state index contributed by atoms with van der Waals surface area (Å²) in [6.07, 6.45) is 0. The van der Waals surface area contributed by atoms with Crippen LogP contribution in [0.4, 0.5) is 5.00 Å². The van der Waals surface area contributed by atoms with E-state index in [0.717, 1.165) is 5.56 Å². The van der Waals surface area contributed by atoms with E-state index in [-0.39, 0.29) is 6.61 Å². The van der Waals surface area contributed by atoms with Crippen molar-refractivity contribution in [1.29, 1.82) is 0 Å². The Morgan fingerprint density at radius 1 is 1.07 bits per heavy atom. The maximum atomic E-state index is 12.4. The minimum Gasteiger partial charge on any atom is -0.462 e. The topological polar surface area (TPSA) is 81.7 Å². The first-order valence-electron chi connectivity index (χ1n) is 8.55. The molecule has 1 aromatic carbocycles. The average Bonchev–Trinajstić information content (AvgIpc) is 3.03. The number of thiophene rings is 1. The summed E-state index contributed by atoms with van der Waals surface area (Å²) in [5.41, 5.74) is 1.13. The van der Waals surface area contributed by atoms with Crippen molar-refractivity contribution in [2.45, 2.75) is 27.7 Å². The van der Waals surface area contributed by atoms with Gasteiger partial charge in [0, 0.05) is 10.9 Å². The number of amides is 1. The van der Waals surface area contributed by atoms with Crippen molar-refractivity contribution in [2.75, 3.05) is 18.5 Å². The highest BCUT2D eigenvalue weighted by atomic mass is 32.1. The zero-order valence-electron chi connectivity index (χ0n) is 15.8. The highest BCUT2D eigenvalue weighted by molar-refractivity contribution is 7.15. The molecule has 0 radical (unpaired) electrons. The van der Waals surface area contributed by atoms with Crippen LogP contribution in [0.1, 0.15) is 38.1 Å². The van der Waals surface area contributed by atoms with Gasteiger partial charge in [0.25, 0.3) is 5.91 Å². The summed E-state index contributed by atoms with van der Waals surface area (Å²) in [6.45, 7) is 6.64.